The molecule has 0 aliphatic rings. The maximum absolute atomic E-state index is 9.53. The van der Waals surface area contributed by atoms with Crippen molar-refractivity contribution in [2.24, 2.45) is 0 Å². The van der Waals surface area contributed by atoms with Crippen molar-refractivity contribution in [3.05, 3.63) is 42.9 Å². The number of nitrogens with two attached hydrogens (primary N) is 1. The monoisotopic (exact) mass is 278 g/mol. The Morgan fingerprint density at radius 2 is 1.86 bits per heavy atom. The van der Waals surface area contributed by atoms with Gasteiger partial charge in [-0.2, -0.15) is 4.98 Å². The van der Waals surface area contributed by atoms with E-state index < -0.39 is 0 Å². The zero-order valence-corrected chi connectivity index (χ0v) is 10.8. The number of rotatable bonds is 1. The summed E-state index contributed by atoms with van der Waals surface area (Å²) >= 11 is 0. The average Bonchev–Trinajstić information content (AvgIpc) is 2.83. The topological polar surface area (TPSA) is 102 Å². The van der Waals surface area contributed by atoms with Crippen LogP contribution in [0.5, 0.6) is 6.01 Å². The molecule has 0 fully saturated rings. The molecule has 3 N–H and O–H groups in total. The van der Waals surface area contributed by atoms with Crippen LogP contribution in [-0.2, 0) is 0 Å². The van der Waals surface area contributed by atoms with Crippen molar-refractivity contribution < 1.29 is 5.11 Å². The van der Waals surface area contributed by atoms with Gasteiger partial charge < -0.3 is 10.8 Å². The van der Waals surface area contributed by atoms with Crippen molar-refractivity contribution in [2.75, 3.05) is 5.73 Å². The molecule has 4 heterocycles. The number of aromatic hydroxyl groups is 1. The smallest absolute Gasteiger partial charge is 0.314 e. The Bertz CT molecular complexity index is 978. The average molecular weight is 278 g/mol. The fourth-order valence-electron chi connectivity index (χ4n) is 2.52. The Labute approximate surface area is 118 Å². The van der Waals surface area contributed by atoms with Crippen molar-refractivity contribution in [2.45, 2.75) is 0 Å². The second-order valence-corrected chi connectivity index (χ2v) is 4.52. The van der Waals surface area contributed by atoms with Gasteiger partial charge in [-0.05, 0) is 24.3 Å². The van der Waals surface area contributed by atoms with Crippen LogP contribution in [0.2, 0.25) is 0 Å². The first-order valence-electron chi connectivity index (χ1n) is 6.28. The molecule has 0 bridgehead atoms. The maximum atomic E-state index is 9.53. The lowest BCUT2D eigenvalue weighted by molar-refractivity contribution is 0.431. The molecule has 0 saturated heterocycles. The minimum absolute atomic E-state index is 0.272. The molecular weight excluding hydrogens is 268 g/mol. The zero-order valence-electron chi connectivity index (χ0n) is 10.8. The minimum atomic E-state index is -0.272. The van der Waals surface area contributed by atoms with Crippen LogP contribution in [0.25, 0.3) is 27.8 Å². The number of hydrogen-bond acceptors (Lipinski definition) is 6. The summed E-state index contributed by atoms with van der Waals surface area (Å²) in [7, 11) is 0. The highest BCUT2D eigenvalue weighted by Gasteiger charge is 2.17. The number of nitrogen functional groups attached to an aromatic ring is 1. The predicted octanol–water partition coefficient (Wildman–Crippen LogP) is 1.63. The maximum Gasteiger partial charge on any atom is 0.314 e. The fourth-order valence-corrected chi connectivity index (χ4v) is 2.52. The highest BCUT2D eigenvalue weighted by atomic mass is 16.3. The van der Waals surface area contributed by atoms with E-state index in [0.29, 0.717) is 17.3 Å². The van der Waals surface area contributed by atoms with E-state index in [1.165, 1.54) is 6.20 Å². The van der Waals surface area contributed by atoms with E-state index in [-0.39, 0.29) is 6.01 Å². The van der Waals surface area contributed by atoms with Gasteiger partial charge in [-0.3, -0.25) is 4.40 Å². The number of aromatic nitrogens is 5. The Balaban J connectivity index is 2.23. The van der Waals surface area contributed by atoms with Crippen molar-refractivity contribution in [3.8, 4) is 17.3 Å². The van der Waals surface area contributed by atoms with Gasteiger partial charge in [-0.1, -0.05) is 0 Å². The van der Waals surface area contributed by atoms with Gasteiger partial charge in [0, 0.05) is 29.5 Å². The van der Waals surface area contributed by atoms with Gasteiger partial charge in [0.1, 0.15) is 5.65 Å². The van der Waals surface area contributed by atoms with Gasteiger partial charge in [0.15, 0.2) is 0 Å². The number of nitrogens with zero attached hydrogens (tertiary/aromatic N) is 5. The second-order valence-electron chi connectivity index (χ2n) is 4.52. The van der Waals surface area contributed by atoms with E-state index in [2.05, 4.69) is 19.9 Å². The van der Waals surface area contributed by atoms with E-state index in [1.54, 1.807) is 22.9 Å². The second kappa shape index (κ2) is 4.14. The lowest BCUT2D eigenvalue weighted by atomic mass is 10.1. The minimum Gasteiger partial charge on any atom is -0.479 e. The first kappa shape index (κ1) is 11.6. The summed E-state index contributed by atoms with van der Waals surface area (Å²) < 4.78 is 1.77. The van der Waals surface area contributed by atoms with E-state index in [0.717, 1.165) is 16.5 Å². The lowest BCUT2D eigenvalue weighted by Crippen LogP contribution is -1.99. The van der Waals surface area contributed by atoms with Crippen LogP contribution in [0.3, 0.4) is 0 Å². The third kappa shape index (κ3) is 1.61. The molecule has 7 nitrogen and oxygen atoms in total. The molecular formula is C14H10N6O. The first-order valence-corrected chi connectivity index (χ1v) is 6.28. The summed E-state index contributed by atoms with van der Waals surface area (Å²) in [5.74, 6) is 0.348. The third-order valence-electron chi connectivity index (χ3n) is 3.33. The number of fused-ring (bicyclic) bond motifs is 3. The molecule has 7 heteroatoms. The van der Waals surface area contributed by atoms with Gasteiger partial charge in [-0.15, -0.1) is 0 Å². The van der Waals surface area contributed by atoms with Gasteiger partial charge >= 0.3 is 6.01 Å². The van der Waals surface area contributed by atoms with Crippen molar-refractivity contribution in [1.82, 2.24) is 24.3 Å². The SMILES string of the molecule is Nc1nccc2c(-c3ccnc(O)n3)c3cccnc3n12. The van der Waals surface area contributed by atoms with Crippen molar-refractivity contribution in [1.29, 1.82) is 0 Å². The van der Waals surface area contributed by atoms with E-state index in [9.17, 15) is 5.11 Å². The fraction of sp³-hybridized carbons (Fsp3) is 0. The molecule has 0 radical (unpaired) electrons. The number of anilines is 1. The van der Waals surface area contributed by atoms with Crippen LogP contribution in [0, 0.1) is 0 Å². The molecule has 0 aliphatic carbocycles. The Hall–Kier alpha value is -3.22. The van der Waals surface area contributed by atoms with Gasteiger partial charge in [0.25, 0.3) is 0 Å². The van der Waals surface area contributed by atoms with Crippen molar-refractivity contribution >= 4 is 22.5 Å². The quantitative estimate of drug-likeness (QED) is 0.548. The highest BCUT2D eigenvalue weighted by molar-refractivity contribution is 6.03. The Morgan fingerprint density at radius 3 is 2.71 bits per heavy atom. The molecule has 0 aromatic carbocycles. The summed E-state index contributed by atoms with van der Waals surface area (Å²) in [5, 5.41) is 10.4. The third-order valence-corrected chi connectivity index (χ3v) is 3.33. The zero-order chi connectivity index (χ0) is 14.4. The standard InChI is InChI=1S/C14H10N6O/c15-13-17-7-4-10-11(9-3-6-18-14(21)19-9)8-2-1-5-16-12(8)20(10)13/h1-7H,(H2,15,17)(H,18,19,21). The molecule has 0 atom stereocenters. The molecule has 4 rings (SSSR count). The molecule has 0 saturated carbocycles. The molecule has 0 spiro atoms. The van der Waals surface area contributed by atoms with Crippen LogP contribution in [0.1, 0.15) is 0 Å². The molecule has 0 aliphatic heterocycles. The Kier molecular flexibility index (Phi) is 2.28. The molecule has 21 heavy (non-hydrogen) atoms. The van der Waals surface area contributed by atoms with Crippen LogP contribution in [0.15, 0.2) is 42.9 Å². The van der Waals surface area contributed by atoms with E-state index >= 15 is 0 Å². The molecule has 4 aromatic heterocycles. The van der Waals surface area contributed by atoms with E-state index in [1.807, 2.05) is 18.2 Å². The summed E-state index contributed by atoms with van der Waals surface area (Å²) in [5.41, 5.74) is 8.94. The normalized spacial score (nSPS) is 11.2. The summed E-state index contributed by atoms with van der Waals surface area (Å²) in [4.78, 5) is 16.3. The highest BCUT2D eigenvalue weighted by Crippen LogP contribution is 2.34. The van der Waals surface area contributed by atoms with Crippen LogP contribution < -0.4 is 5.73 Å². The van der Waals surface area contributed by atoms with E-state index in [4.69, 9.17) is 5.73 Å². The van der Waals surface area contributed by atoms with Gasteiger partial charge in [-0.25, -0.2) is 15.0 Å². The molecule has 0 amide bonds. The Morgan fingerprint density at radius 1 is 1.00 bits per heavy atom. The largest absolute Gasteiger partial charge is 0.479 e. The van der Waals surface area contributed by atoms with Crippen molar-refractivity contribution in [3.63, 3.8) is 0 Å². The van der Waals surface area contributed by atoms with Crippen LogP contribution in [-0.4, -0.2) is 29.4 Å². The van der Waals surface area contributed by atoms with Crippen LogP contribution >= 0.6 is 0 Å². The molecule has 102 valence electrons. The van der Waals surface area contributed by atoms with Crippen LogP contribution in [0.4, 0.5) is 5.95 Å². The molecule has 4 aromatic rings. The summed E-state index contributed by atoms with van der Waals surface area (Å²) in [6.45, 7) is 0. The van der Waals surface area contributed by atoms with Gasteiger partial charge in [0.2, 0.25) is 5.95 Å². The predicted molar refractivity (Wildman–Crippen MR) is 77.6 cm³/mol. The number of hydrogen-bond donors (Lipinski definition) is 2. The summed E-state index contributed by atoms with van der Waals surface area (Å²) in [6, 6.07) is 7.08. The summed E-state index contributed by atoms with van der Waals surface area (Å²) in [6.07, 6.45) is 4.84. The molecule has 0 unspecified atom stereocenters. The number of pyridine rings is 1. The first-order chi connectivity index (χ1) is 10.3. The van der Waals surface area contributed by atoms with Gasteiger partial charge in [0.05, 0.1) is 11.2 Å². The lowest BCUT2D eigenvalue weighted by Gasteiger charge is -2.01.